The molecule has 1 heterocycles. The van der Waals surface area contributed by atoms with Gasteiger partial charge in [0.25, 0.3) is 0 Å². The molecule has 26 heavy (non-hydrogen) atoms. The van der Waals surface area contributed by atoms with Gasteiger partial charge in [0.1, 0.15) is 11.9 Å². The number of hydrogen-bond acceptors (Lipinski definition) is 5. The predicted octanol–water partition coefficient (Wildman–Crippen LogP) is 4.87. The number of benzene rings is 2. The van der Waals surface area contributed by atoms with Crippen molar-refractivity contribution in [2.24, 2.45) is 0 Å². The highest BCUT2D eigenvalue weighted by atomic mass is 15.2. The van der Waals surface area contributed by atoms with Crippen LogP contribution < -0.4 is 10.2 Å². The second-order valence-corrected chi connectivity index (χ2v) is 6.06. The summed E-state index contributed by atoms with van der Waals surface area (Å²) < 4.78 is 0. The molecule has 0 saturated heterocycles. The van der Waals surface area contributed by atoms with Gasteiger partial charge in [-0.3, -0.25) is 0 Å². The molecule has 3 rings (SSSR count). The molecule has 0 saturated carbocycles. The van der Waals surface area contributed by atoms with Gasteiger partial charge in [0.05, 0.1) is 11.3 Å². The molecule has 0 spiro atoms. The fourth-order valence-electron chi connectivity index (χ4n) is 2.83. The molecule has 130 valence electrons. The van der Waals surface area contributed by atoms with Gasteiger partial charge in [0, 0.05) is 24.0 Å². The Hall–Kier alpha value is -3.39. The number of aromatic nitrogens is 2. The van der Waals surface area contributed by atoms with Crippen LogP contribution in [-0.2, 0) is 0 Å². The maximum Gasteiger partial charge on any atom is 0.229 e. The first kappa shape index (κ1) is 17.4. The van der Waals surface area contributed by atoms with E-state index >= 15 is 0 Å². The van der Waals surface area contributed by atoms with Gasteiger partial charge in [-0.1, -0.05) is 24.3 Å². The van der Waals surface area contributed by atoms with Crippen molar-refractivity contribution in [3.05, 3.63) is 71.4 Å². The summed E-state index contributed by atoms with van der Waals surface area (Å²) in [5.41, 5.74) is 4.41. The van der Waals surface area contributed by atoms with Crippen LogP contribution >= 0.6 is 0 Å². The van der Waals surface area contributed by atoms with Crippen molar-refractivity contribution in [1.82, 2.24) is 9.97 Å². The molecule has 0 fully saturated rings. The maximum absolute atomic E-state index is 9.27. The van der Waals surface area contributed by atoms with Gasteiger partial charge in [0.2, 0.25) is 5.95 Å². The summed E-state index contributed by atoms with van der Waals surface area (Å²) in [6.45, 7) is 6.90. The summed E-state index contributed by atoms with van der Waals surface area (Å²) in [5, 5.41) is 12.4. The zero-order valence-electron chi connectivity index (χ0n) is 15.2. The van der Waals surface area contributed by atoms with E-state index in [9.17, 15) is 5.26 Å². The first-order chi connectivity index (χ1) is 12.6. The molecular weight excluding hydrogens is 322 g/mol. The maximum atomic E-state index is 9.27. The average Bonchev–Trinajstić information content (AvgIpc) is 2.62. The van der Waals surface area contributed by atoms with E-state index in [1.54, 1.807) is 6.07 Å². The van der Waals surface area contributed by atoms with Crippen LogP contribution in [0.15, 0.2) is 54.6 Å². The lowest BCUT2D eigenvalue weighted by atomic mass is 10.2. The van der Waals surface area contributed by atoms with Crippen LogP contribution in [0.5, 0.6) is 0 Å². The van der Waals surface area contributed by atoms with Crippen LogP contribution in [0.4, 0.5) is 23.1 Å². The summed E-state index contributed by atoms with van der Waals surface area (Å²) in [7, 11) is 0. The lowest BCUT2D eigenvalue weighted by Gasteiger charge is -2.23. The normalized spacial score (nSPS) is 10.2. The van der Waals surface area contributed by atoms with Crippen molar-refractivity contribution in [1.29, 1.82) is 5.26 Å². The molecule has 3 aromatic rings. The summed E-state index contributed by atoms with van der Waals surface area (Å²) in [6.07, 6.45) is 0. The zero-order chi connectivity index (χ0) is 18.5. The van der Waals surface area contributed by atoms with Crippen molar-refractivity contribution in [3.8, 4) is 6.07 Å². The third-order valence-corrected chi connectivity index (χ3v) is 4.04. The van der Waals surface area contributed by atoms with Gasteiger partial charge in [-0.25, -0.2) is 4.98 Å². The third-order valence-electron chi connectivity index (χ3n) is 4.04. The molecule has 0 amide bonds. The van der Waals surface area contributed by atoms with Crippen molar-refractivity contribution < 1.29 is 0 Å². The number of rotatable bonds is 5. The lowest BCUT2D eigenvalue weighted by Crippen LogP contribution is -2.18. The summed E-state index contributed by atoms with van der Waals surface area (Å²) in [4.78, 5) is 11.3. The van der Waals surface area contributed by atoms with Crippen molar-refractivity contribution in [2.75, 3.05) is 16.8 Å². The van der Waals surface area contributed by atoms with Gasteiger partial charge in [0.15, 0.2) is 0 Å². The minimum Gasteiger partial charge on any atom is -0.326 e. The minimum absolute atomic E-state index is 0.480. The molecule has 0 aliphatic heterocycles. The van der Waals surface area contributed by atoms with Crippen LogP contribution in [0.25, 0.3) is 0 Å². The number of para-hydroxylation sites is 1. The van der Waals surface area contributed by atoms with Gasteiger partial charge in [-0.05, 0) is 50.6 Å². The number of aryl methyl sites for hydroxylation is 2. The second kappa shape index (κ2) is 7.66. The second-order valence-electron chi connectivity index (χ2n) is 6.06. The lowest BCUT2D eigenvalue weighted by molar-refractivity contribution is 0.968. The van der Waals surface area contributed by atoms with E-state index in [0.29, 0.717) is 17.2 Å². The van der Waals surface area contributed by atoms with E-state index in [1.807, 2.05) is 37.3 Å². The highest BCUT2D eigenvalue weighted by Crippen LogP contribution is 2.26. The highest BCUT2D eigenvalue weighted by molar-refractivity contribution is 5.66. The van der Waals surface area contributed by atoms with E-state index in [-0.39, 0.29) is 0 Å². The van der Waals surface area contributed by atoms with E-state index in [0.717, 1.165) is 23.7 Å². The Morgan fingerprint density at radius 1 is 1.04 bits per heavy atom. The van der Waals surface area contributed by atoms with Crippen molar-refractivity contribution in [3.63, 3.8) is 0 Å². The standard InChI is InChI=1S/C21H21N5/c1-4-26(18-10-7-8-15(2)12-18)20-13-16(3)23-21(25-20)24-19-11-6-5-9-17(19)14-22/h5-13H,4H2,1-3H3,(H,23,24,25). The van der Waals surface area contributed by atoms with Crippen molar-refractivity contribution >= 4 is 23.1 Å². The number of hydrogen-bond donors (Lipinski definition) is 1. The van der Waals surface area contributed by atoms with Crippen LogP contribution in [0.1, 0.15) is 23.7 Å². The highest BCUT2D eigenvalue weighted by Gasteiger charge is 2.12. The number of nitrogens with zero attached hydrogens (tertiary/aromatic N) is 4. The third kappa shape index (κ3) is 3.81. The topological polar surface area (TPSA) is 64.8 Å². The van der Waals surface area contributed by atoms with Crippen LogP contribution in [-0.4, -0.2) is 16.5 Å². The van der Waals surface area contributed by atoms with E-state index in [2.05, 4.69) is 58.3 Å². The molecule has 0 radical (unpaired) electrons. The number of nitriles is 1. The quantitative estimate of drug-likeness (QED) is 0.716. The van der Waals surface area contributed by atoms with E-state index in [1.165, 1.54) is 5.56 Å². The van der Waals surface area contributed by atoms with Gasteiger partial charge < -0.3 is 10.2 Å². The number of anilines is 4. The first-order valence-corrected chi connectivity index (χ1v) is 8.56. The summed E-state index contributed by atoms with van der Waals surface area (Å²) in [5.74, 6) is 1.30. The Morgan fingerprint density at radius 2 is 1.85 bits per heavy atom. The molecule has 1 aromatic heterocycles. The first-order valence-electron chi connectivity index (χ1n) is 8.56. The summed E-state index contributed by atoms with van der Waals surface area (Å²) >= 11 is 0. The smallest absolute Gasteiger partial charge is 0.229 e. The van der Waals surface area contributed by atoms with Crippen LogP contribution in [0, 0.1) is 25.2 Å². The Labute approximate surface area is 154 Å². The van der Waals surface area contributed by atoms with Gasteiger partial charge in [-0.15, -0.1) is 0 Å². The fourth-order valence-corrected chi connectivity index (χ4v) is 2.83. The monoisotopic (exact) mass is 343 g/mol. The fraction of sp³-hybridized carbons (Fsp3) is 0.190. The van der Waals surface area contributed by atoms with Crippen molar-refractivity contribution in [2.45, 2.75) is 20.8 Å². The van der Waals surface area contributed by atoms with Gasteiger partial charge >= 0.3 is 0 Å². The SMILES string of the molecule is CCN(c1cccc(C)c1)c1cc(C)nc(Nc2ccccc2C#N)n1. The van der Waals surface area contributed by atoms with Gasteiger partial charge in [-0.2, -0.15) is 10.2 Å². The molecule has 1 N–H and O–H groups in total. The predicted molar refractivity (Wildman–Crippen MR) is 105 cm³/mol. The molecule has 2 aromatic carbocycles. The van der Waals surface area contributed by atoms with Crippen LogP contribution in [0.3, 0.4) is 0 Å². The molecule has 0 aliphatic rings. The zero-order valence-corrected chi connectivity index (χ0v) is 15.2. The largest absolute Gasteiger partial charge is 0.326 e. The Morgan fingerprint density at radius 3 is 2.58 bits per heavy atom. The molecule has 5 heteroatoms. The van der Waals surface area contributed by atoms with E-state index < -0.39 is 0 Å². The molecule has 5 nitrogen and oxygen atoms in total. The Kier molecular flexibility index (Phi) is 5.14. The molecule has 0 unspecified atom stereocenters. The molecule has 0 atom stereocenters. The molecule has 0 bridgehead atoms. The number of nitrogens with one attached hydrogen (secondary N) is 1. The summed E-state index contributed by atoms with van der Waals surface area (Å²) in [6, 6.07) is 19.8. The average molecular weight is 343 g/mol. The molecule has 0 aliphatic carbocycles. The Balaban J connectivity index is 1.98. The Bertz CT molecular complexity index is 959. The molecular formula is C21H21N5. The van der Waals surface area contributed by atoms with E-state index in [4.69, 9.17) is 0 Å². The van der Waals surface area contributed by atoms with Crippen LogP contribution in [0.2, 0.25) is 0 Å². The minimum atomic E-state index is 0.480.